The Morgan fingerprint density at radius 1 is 0.938 bits per heavy atom. The van der Waals surface area contributed by atoms with Gasteiger partial charge in [-0.25, -0.2) is 0 Å². The first-order valence-corrected chi connectivity index (χ1v) is 12.3. The molecule has 0 spiro atoms. The van der Waals surface area contributed by atoms with Crippen LogP contribution in [0.5, 0.6) is 5.75 Å². The summed E-state index contributed by atoms with van der Waals surface area (Å²) in [5.74, 6) is 0.540. The van der Waals surface area contributed by atoms with Gasteiger partial charge in [0.2, 0.25) is 0 Å². The standard InChI is InChI=1S/C25H24Cl2N2O2S/c1-31-24-22(26)14-18(15-23(24)27)28-10-12-29(13-11-28)25(30)21-16-19(32-2)8-9-20(21)17-6-4-3-5-7-17/h3-9,14-16H,10-13H2,1-2H3. The molecule has 3 aromatic carbocycles. The second-order valence-electron chi connectivity index (χ2n) is 7.50. The molecule has 166 valence electrons. The Bertz CT molecular complexity index is 1090. The first-order chi connectivity index (χ1) is 15.5. The van der Waals surface area contributed by atoms with Crippen molar-refractivity contribution in [3.8, 4) is 16.9 Å². The number of halogens is 2. The first kappa shape index (κ1) is 22.8. The van der Waals surface area contributed by atoms with E-state index < -0.39 is 0 Å². The van der Waals surface area contributed by atoms with E-state index in [2.05, 4.69) is 11.0 Å². The highest BCUT2D eigenvalue weighted by molar-refractivity contribution is 7.98. The number of benzene rings is 3. The van der Waals surface area contributed by atoms with Gasteiger partial charge in [-0.2, -0.15) is 0 Å². The molecule has 0 atom stereocenters. The molecule has 0 saturated carbocycles. The molecule has 1 fully saturated rings. The zero-order valence-corrected chi connectivity index (χ0v) is 20.3. The highest BCUT2D eigenvalue weighted by Crippen LogP contribution is 2.37. The fourth-order valence-electron chi connectivity index (χ4n) is 3.96. The summed E-state index contributed by atoms with van der Waals surface area (Å²) in [7, 11) is 1.55. The molecule has 7 heteroatoms. The molecule has 1 saturated heterocycles. The van der Waals surface area contributed by atoms with E-state index in [0.717, 1.165) is 27.3 Å². The number of carbonyl (C=O) groups is 1. The van der Waals surface area contributed by atoms with E-state index in [1.165, 1.54) is 0 Å². The minimum absolute atomic E-state index is 0.0604. The van der Waals surface area contributed by atoms with Crippen molar-refractivity contribution in [2.24, 2.45) is 0 Å². The maximum Gasteiger partial charge on any atom is 0.254 e. The number of anilines is 1. The second kappa shape index (κ2) is 10.1. The van der Waals surface area contributed by atoms with Crippen LogP contribution in [0.1, 0.15) is 10.4 Å². The van der Waals surface area contributed by atoms with E-state index in [1.807, 2.05) is 65.8 Å². The molecule has 0 N–H and O–H groups in total. The number of hydrogen-bond donors (Lipinski definition) is 0. The molecule has 1 heterocycles. The summed E-state index contributed by atoms with van der Waals surface area (Å²) in [6.07, 6.45) is 2.02. The van der Waals surface area contributed by atoms with Crippen molar-refractivity contribution in [2.75, 3.05) is 44.4 Å². The van der Waals surface area contributed by atoms with Crippen LogP contribution in [0.4, 0.5) is 5.69 Å². The number of amides is 1. The Morgan fingerprint density at radius 3 is 2.19 bits per heavy atom. The van der Waals surface area contributed by atoms with Gasteiger partial charge in [-0.1, -0.05) is 59.6 Å². The van der Waals surface area contributed by atoms with Crippen molar-refractivity contribution >= 4 is 46.6 Å². The van der Waals surface area contributed by atoms with Crippen molar-refractivity contribution in [3.05, 3.63) is 76.3 Å². The molecule has 3 aromatic rings. The van der Waals surface area contributed by atoms with Crippen LogP contribution in [0.2, 0.25) is 10.0 Å². The molecular formula is C25H24Cl2N2O2S. The minimum Gasteiger partial charge on any atom is -0.494 e. The third-order valence-corrected chi connectivity index (χ3v) is 6.95. The predicted octanol–water partition coefficient (Wildman–Crippen LogP) is 6.35. The Kier molecular flexibility index (Phi) is 7.19. The Balaban J connectivity index is 1.54. The van der Waals surface area contributed by atoms with Gasteiger partial charge in [0.25, 0.3) is 5.91 Å². The zero-order chi connectivity index (χ0) is 22.7. The van der Waals surface area contributed by atoms with E-state index in [4.69, 9.17) is 27.9 Å². The summed E-state index contributed by atoms with van der Waals surface area (Å²) < 4.78 is 5.25. The highest BCUT2D eigenvalue weighted by atomic mass is 35.5. The van der Waals surface area contributed by atoms with Crippen LogP contribution in [0.15, 0.2) is 65.6 Å². The van der Waals surface area contributed by atoms with Gasteiger partial charge in [0.1, 0.15) is 0 Å². The first-order valence-electron chi connectivity index (χ1n) is 10.3. The molecule has 0 radical (unpaired) electrons. The third-order valence-electron chi connectivity index (χ3n) is 5.66. The molecule has 0 aromatic heterocycles. The summed E-state index contributed by atoms with van der Waals surface area (Å²) in [4.78, 5) is 18.7. The van der Waals surface area contributed by atoms with Crippen molar-refractivity contribution in [1.82, 2.24) is 4.90 Å². The average Bonchev–Trinajstić information content (AvgIpc) is 2.83. The molecule has 4 nitrogen and oxygen atoms in total. The minimum atomic E-state index is 0.0604. The van der Waals surface area contributed by atoms with E-state index in [1.54, 1.807) is 18.9 Å². The maximum atomic E-state index is 13.5. The summed E-state index contributed by atoms with van der Waals surface area (Å²) in [5, 5.41) is 0.963. The monoisotopic (exact) mass is 486 g/mol. The average molecular weight is 487 g/mol. The number of hydrogen-bond acceptors (Lipinski definition) is 4. The Hall–Kier alpha value is -2.34. The molecule has 0 bridgehead atoms. The number of thioether (sulfide) groups is 1. The number of methoxy groups -OCH3 is 1. The summed E-state index contributed by atoms with van der Waals surface area (Å²) in [6, 6.07) is 19.9. The van der Waals surface area contributed by atoms with E-state index >= 15 is 0 Å². The molecule has 0 unspecified atom stereocenters. The van der Waals surface area contributed by atoms with E-state index in [-0.39, 0.29) is 5.91 Å². The highest BCUT2D eigenvalue weighted by Gasteiger charge is 2.25. The van der Waals surface area contributed by atoms with Crippen molar-refractivity contribution in [1.29, 1.82) is 0 Å². The van der Waals surface area contributed by atoms with Crippen molar-refractivity contribution in [3.63, 3.8) is 0 Å². The van der Waals surface area contributed by atoms with Gasteiger partial charge in [0.15, 0.2) is 5.75 Å². The Morgan fingerprint density at radius 2 is 1.59 bits per heavy atom. The lowest BCUT2D eigenvalue weighted by Crippen LogP contribution is -2.48. The maximum absolute atomic E-state index is 13.5. The lowest BCUT2D eigenvalue weighted by atomic mass is 9.98. The molecule has 1 amide bonds. The fraction of sp³-hybridized carbons (Fsp3) is 0.240. The third kappa shape index (κ3) is 4.70. The predicted molar refractivity (Wildman–Crippen MR) is 135 cm³/mol. The molecule has 0 aliphatic carbocycles. The SMILES string of the molecule is COc1c(Cl)cc(N2CCN(C(=O)c3cc(SC)ccc3-c3ccccc3)CC2)cc1Cl. The normalized spacial score (nSPS) is 13.9. The quantitative estimate of drug-likeness (QED) is 0.393. The van der Waals surface area contributed by atoms with Crippen LogP contribution >= 0.6 is 35.0 Å². The second-order valence-corrected chi connectivity index (χ2v) is 9.19. The largest absolute Gasteiger partial charge is 0.494 e. The number of nitrogens with zero attached hydrogens (tertiary/aromatic N) is 2. The van der Waals surface area contributed by atoms with Crippen LogP contribution in [-0.4, -0.2) is 50.4 Å². The van der Waals surface area contributed by atoms with E-state index in [9.17, 15) is 4.79 Å². The van der Waals surface area contributed by atoms with E-state index in [0.29, 0.717) is 42.0 Å². The number of rotatable bonds is 5. The van der Waals surface area contributed by atoms with Crippen molar-refractivity contribution < 1.29 is 9.53 Å². The molecule has 1 aliphatic rings. The van der Waals surface area contributed by atoms with Crippen LogP contribution in [0.25, 0.3) is 11.1 Å². The van der Waals surface area contributed by atoms with Crippen LogP contribution in [0, 0.1) is 0 Å². The lowest BCUT2D eigenvalue weighted by Gasteiger charge is -2.36. The molecular weight excluding hydrogens is 463 g/mol. The number of ether oxygens (including phenoxy) is 1. The number of carbonyl (C=O) groups excluding carboxylic acids is 1. The van der Waals surface area contributed by atoms with Gasteiger partial charge in [-0.3, -0.25) is 4.79 Å². The molecule has 1 aliphatic heterocycles. The van der Waals surface area contributed by atoms with Crippen molar-refractivity contribution in [2.45, 2.75) is 4.90 Å². The van der Waals surface area contributed by atoms with Gasteiger partial charge in [-0.05, 0) is 41.6 Å². The van der Waals surface area contributed by atoms with Gasteiger partial charge in [-0.15, -0.1) is 11.8 Å². The molecule has 4 rings (SSSR count). The smallest absolute Gasteiger partial charge is 0.254 e. The Labute approximate surface area is 203 Å². The topological polar surface area (TPSA) is 32.8 Å². The summed E-state index contributed by atoms with van der Waals surface area (Å²) in [5.41, 5.74) is 3.68. The van der Waals surface area contributed by atoms with Gasteiger partial charge in [0.05, 0.1) is 17.2 Å². The van der Waals surface area contributed by atoms with Gasteiger partial charge < -0.3 is 14.5 Å². The summed E-state index contributed by atoms with van der Waals surface area (Å²) >= 11 is 14.3. The van der Waals surface area contributed by atoms with Crippen LogP contribution in [-0.2, 0) is 0 Å². The van der Waals surface area contributed by atoms with Gasteiger partial charge >= 0.3 is 0 Å². The van der Waals surface area contributed by atoms with Crippen LogP contribution in [0.3, 0.4) is 0 Å². The van der Waals surface area contributed by atoms with Gasteiger partial charge in [0, 0.05) is 42.3 Å². The lowest BCUT2D eigenvalue weighted by molar-refractivity contribution is 0.0747. The fourth-order valence-corrected chi connectivity index (χ4v) is 5.03. The summed E-state index contributed by atoms with van der Waals surface area (Å²) in [6.45, 7) is 2.65. The number of piperazine rings is 1. The molecule has 32 heavy (non-hydrogen) atoms. The van der Waals surface area contributed by atoms with Crippen LogP contribution < -0.4 is 9.64 Å². The zero-order valence-electron chi connectivity index (χ0n) is 18.0.